The van der Waals surface area contributed by atoms with Crippen molar-refractivity contribution in [3.05, 3.63) is 231 Å². The fourth-order valence-electron chi connectivity index (χ4n) is 9.86. The van der Waals surface area contributed by atoms with E-state index >= 15 is 0 Å². The molecule has 60 heavy (non-hydrogen) atoms. The lowest BCUT2D eigenvalue weighted by molar-refractivity contribution is 1.64. The Hall–Kier alpha value is -7.80. The lowest BCUT2D eigenvalue weighted by Gasteiger charge is -2.20. The third-order valence-electron chi connectivity index (χ3n) is 12.6. The third kappa shape index (κ3) is 5.53. The van der Waals surface area contributed by atoms with Gasteiger partial charge in [-0.25, -0.2) is 0 Å². The van der Waals surface area contributed by atoms with Crippen LogP contribution < -0.4 is 0 Å². The molecule has 0 aromatic heterocycles. The summed E-state index contributed by atoms with van der Waals surface area (Å²) in [5.41, 5.74) is 12.4. The Balaban J connectivity index is 1.15. The predicted octanol–water partition coefficient (Wildman–Crippen LogP) is 16.9. The van der Waals surface area contributed by atoms with Gasteiger partial charge < -0.3 is 0 Å². The van der Waals surface area contributed by atoms with Gasteiger partial charge in [0.25, 0.3) is 0 Å². The van der Waals surface area contributed by atoms with E-state index in [0.717, 1.165) is 0 Å². The first-order valence-corrected chi connectivity index (χ1v) is 20.8. The molecule has 0 unspecified atom stereocenters. The molecule has 12 rings (SSSR count). The Morgan fingerprint density at radius 2 is 0.450 bits per heavy atom. The van der Waals surface area contributed by atoms with Crippen LogP contribution in [0.15, 0.2) is 231 Å². The van der Waals surface area contributed by atoms with Crippen LogP contribution in [0.2, 0.25) is 0 Å². The van der Waals surface area contributed by atoms with Gasteiger partial charge in [0.2, 0.25) is 0 Å². The van der Waals surface area contributed by atoms with E-state index in [-0.39, 0.29) is 0 Å². The van der Waals surface area contributed by atoms with Gasteiger partial charge in [-0.1, -0.05) is 206 Å². The van der Waals surface area contributed by atoms with E-state index in [4.69, 9.17) is 0 Å². The van der Waals surface area contributed by atoms with Gasteiger partial charge in [0.05, 0.1) is 0 Å². The quantitative estimate of drug-likeness (QED) is 0.153. The SMILES string of the molecule is c1ccc(-c2c3ccccc3c(-c3ccc4ccccc4c3)c3ccc(-c4ccc5c(-c6ccc7ccccc7c6)c6ccccc6c(-c6ccccc6)c5c4)cc23)cc1. The molecule has 12 aromatic carbocycles. The maximum Gasteiger partial charge on any atom is -0.00261 e. The summed E-state index contributed by atoms with van der Waals surface area (Å²) >= 11 is 0. The first-order chi connectivity index (χ1) is 29.8. The summed E-state index contributed by atoms with van der Waals surface area (Å²) in [5.74, 6) is 0. The number of hydrogen-bond acceptors (Lipinski definition) is 0. The molecule has 0 heterocycles. The summed E-state index contributed by atoms with van der Waals surface area (Å²) in [6.07, 6.45) is 0. The highest BCUT2D eigenvalue weighted by Crippen LogP contribution is 2.48. The van der Waals surface area contributed by atoms with Gasteiger partial charge in [-0.05, 0) is 145 Å². The summed E-state index contributed by atoms with van der Waals surface area (Å²) in [5, 5.41) is 15.0. The van der Waals surface area contributed by atoms with E-state index in [1.165, 1.54) is 120 Å². The van der Waals surface area contributed by atoms with Gasteiger partial charge in [-0.3, -0.25) is 0 Å². The first kappa shape index (κ1) is 34.3. The average molecular weight is 759 g/mol. The normalized spacial score (nSPS) is 11.7. The summed E-state index contributed by atoms with van der Waals surface area (Å²) in [7, 11) is 0. The second-order valence-corrected chi connectivity index (χ2v) is 16.0. The van der Waals surface area contributed by atoms with E-state index < -0.39 is 0 Å². The molecule has 0 spiro atoms. The van der Waals surface area contributed by atoms with Crippen molar-refractivity contribution in [2.45, 2.75) is 0 Å². The Morgan fingerprint density at radius 3 is 0.850 bits per heavy atom. The van der Waals surface area contributed by atoms with Crippen LogP contribution in [-0.2, 0) is 0 Å². The van der Waals surface area contributed by atoms with E-state index in [0.29, 0.717) is 0 Å². The van der Waals surface area contributed by atoms with Gasteiger partial charge in [-0.2, -0.15) is 0 Å². The maximum atomic E-state index is 2.45. The van der Waals surface area contributed by atoms with Crippen LogP contribution in [0.5, 0.6) is 0 Å². The molecule has 0 N–H and O–H groups in total. The second kappa shape index (κ2) is 13.9. The standard InChI is InChI=1S/C60H38/c1-3-17-41(18-4-1)57-49-23-11-13-25-51(49)59(47-29-27-39-15-7-9-21-43(39)35-47)53-33-31-45(37-55(53)57)46-32-34-54-56(38-46)58(42-19-5-2-6-20-42)50-24-12-14-26-52(50)60(54)48-30-28-40-16-8-10-22-44(40)36-48/h1-38H. The van der Waals surface area contributed by atoms with Crippen LogP contribution in [0.25, 0.3) is 120 Å². The minimum absolute atomic E-state index is 1.20. The minimum Gasteiger partial charge on any atom is -0.0622 e. The number of benzene rings is 12. The summed E-state index contributed by atoms with van der Waals surface area (Å²) < 4.78 is 0. The van der Waals surface area contributed by atoms with Crippen LogP contribution in [0.3, 0.4) is 0 Å². The minimum atomic E-state index is 1.20. The molecule has 0 aliphatic rings. The summed E-state index contributed by atoms with van der Waals surface area (Å²) in [6.45, 7) is 0. The highest BCUT2D eigenvalue weighted by molar-refractivity contribution is 6.24. The van der Waals surface area contributed by atoms with Gasteiger partial charge >= 0.3 is 0 Å². The predicted molar refractivity (Wildman–Crippen MR) is 259 cm³/mol. The fraction of sp³-hybridized carbons (Fsp3) is 0. The van der Waals surface area contributed by atoms with Crippen LogP contribution >= 0.6 is 0 Å². The Labute approximate surface area is 349 Å². The molecule has 0 nitrogen and oxygen atoms in total. The Morgan fingerprint density at radius 1 is 0.150 bits per heavy atom. The highest BCUT2D eigenvalue weighted by atomic mass is 14.2. The zero-order valence-electron chi connectivity index (χ0n) is 32.9. The average Bonchev–Trinajstić information content (AvgIpc) is 3.32. The lowest BCUT2D eigenvalue weighted by Crippen LogP contribution is -1.93. The van der Waals surface area contributed by atoms with Crippen LogP contribution in [0, 0.1) is 0 Å². The molecule has 0 radical (unpaired) electrons. The zero-order valence-corrected chi connectivity index (χ0v) is 32.9. The lowest BCUT2D eigenvalue weighted by atomic mass is 9.83. The van der Waals surface area contributed by atoms with E-state index in [9.17, 15) is 0 Å². The number of hydrogen-bond donors (Lipinski definition) is 0. The third-order valence-corrected chi connectivity index (χ3v) is 12.6. The van der Waals surface area contributed by atoms with E-state index in [1.54, 1.807) is 0 Å². The van der Waals surface area contributed by atoms with Gasteiger partial charge in [0, 0.05) is 0 Å². The van der Waals surface area contributed by atoms with Gasteiger partial charge in [-0.15, -0.1) is 0 Å². The monoisotopic (exact) mass is 758 g/mol. The van der Waals surface area contributed by atoms with Crippen LogP contribution in [0.1, 0.15) is 0 Å². The first-order valence-electron chi connectivity index (χ1n) is 20.8. The van der Waals surface area contributed by atoms with Crippen molar-refractivity contribution >= 4 is 64.6 Å². The molecule has 0 aliphatic heterocycles. The van der Waals surface area contributed by atoms with Gasteiger partial charge in [0.1, 0.15) is 0 Å². The molecule has 0 saturated heterocycles. The maximum absolute atomic E-state index is 2.45. The summed E-state index contributed by atoms with van der Waals surface area (Å²) in [6, 6.07) is 85.3. The van der Waals surface area contributed by atoms with Crippen LogP contribution in [-0.4, -0.2) is 0 Å². The summed E-state index contributed by atoms with van der Waals surface area (Å²) in [4.78, 5) is 0. The molecule has 0 saturated carbocycles. The van der Waals surface area contributed by atoms with Crippen molar-refractivity contribution in [2.75, 3.05) is 0 Å². The smallest absolute Gasteiger partial charge is 0.00261 e. The van der Waals surface area contributed by atoms with Crippen molar-refractivity contribution in [3.8, 4) is 55.6 Å². The molecule has 0 heteroatoms. The second-order valence-electron chi connectivity index (χ2n) is 16.0. The molecular formula is C60H38. The van der Waals surface area contributed by atoms with Gasteiger partial charge in [0.15, 0.2) is 0 Å². The Kier molecular flexibility index (Phi) is 7.96. The van der Waals surface area contributed by atoms with E-state index in [2.05, 4.69) is 231 Å². The van der Waals surface area contributed by atoms with Crippen molar-refractivity contribution in [2.24, 2.45) is 0 Å². The Bertz CT molecular complexity index is 3390. The van der Waals surface area contributed by atoms with Crippen molar-refractivity contribution in [1.82, 2.24) is 0 Å². The highest BCUT2D eigenvalue weighted by Gasteiger charge is 2.20. The van der Waals surface area contributed by atoms with Crippen LogP contribution in [0.4, 0.5) is 0 Å². The number of rotatable bonds is 5. The molecule has 0 amide bonds. The van der Waals surface area contributed by atoms with E-state index in [1.807, 2.05) is 0 Å². The molecule has 12 aromatic rings. The molecule has 0 atom stereocenters. The number of fused-ring (bicyclic) bond motifs is 6. The zero-order chi connectivity index (χ0) is 39.6. The molecule has 0 bridgehead atoms. The largest absolute Gasteiger partial charge is 0.0622 e. The van der Waals surface area contributed by atoms with Crippen molar-refractivity contribution in [3.63, 3.8) is 0 Å². The molecular weight excluding hydrogens is 721 g/mol. The molecule has 0 aliphatic carbocycles. The topological polar surface area (TPSA) is 0 Å². The molecule has 0 fully saturated rings. The van der Waals surface area contributed by atoms with Crippen molar-refractivity contribution < 1.29 is 0 Å². The fourth-order valence-corrected chi connectivity index (χ4v) is 9.86. The molecule has 278 valence electrons. The van der Waals surface area contributed by atoms with Crippen molar-refractivity contribution in [1.29, 1.82) is 0 Å².